The number of benzene rings is 1. The van der Waals surface area contributed by atoms with Crippen molar-refractivity contribution in [1.29, 1.82) is 0 Å². The van der Waals surface area contributed by atoms with Gasteiger partial charge < -0.3 is 5.73 Å². The number of piperidine rings is 1. The number of rotatable bonds is 6. The van der Waals surface area contributed by atoms with Crippen LogP contribution in [0.4, 0.5) is 5.82 Å². The molecule has 0 radical (unpaired) electrons. The second kappa shape index (κ2) is 8.56. The molecule has 7 nitrogen and oxygen atoms in total. The van der Waals surface area contributed by atoms with Crippen LogP contribution < -0.4 is 17.0 Å². The molecule has 0 amide bonds. The maximum atomic E-state index is 13.0. The van der Waals surface area contributed by atoms with Crippen molar-refractivity contribution >= 4 is 11.6 Å². The third-order valence-electron chi connectivity index (χ3n) is 5.35. The molecule has 150 valence electrons. The van der Waals surface area contributed by atoms with E-state index in [1.807, 2.05) is 30.3 Å². The van der Waals surface area contributed by atoms with Crippen molar-refractivity contribution in [3.8, 4) is 0 Å². The second-order valence-corrected chi connectivity index (χ2v) is 7.57. The highest BCUT2D eigenvalue weighted by Gasteiger charge is 2.25. The topological polar surface area (TPSA) is 90.3 Å². The molecule has 0 spiro atoms. The Morgan fingerprint density at radius 2 is 1.89 bits per heavy atom. The summed E-state index contributed by atoms with van der Waals surface area (Å²) in [6, 6.07) is 9.39. The zero-order valence-corrected chi connectivity index (χ0v) is 16.6. The van der Waals surface area contributed by atoms with Crippen molar-refractivity contribution in [1.82, 2.24) is 14.0 Å². The zero-order chi connectivity index (χ0) is 20.3. The Morgan fingerprint density at radius 1 is 1.18 bits per heavy atom. The van der Waals surface area contributed by atoms with Crippen LogP contribution in [0.15, 0.2) is 39.9 Å². The van der Waals surface area contributed by atoms with E-state index >= 15 is 0 Å². The third-order valence-corrected chi connectivity index (χ3v) is 5.35. The first kappa shape index (κ1) is 20.1. The molecular formula is C21H28N4O3. The van der Waals surface area contributed by atoms with Crippen LogP contribution in [-0.4, -0.2) is 39.5 Å². The van der Waals surface area contributed by atoms with Crippen LogP contribution in [0.25, 0.3) is 0 Å². The van der Waals surface area contributed by atoms with Gasteiger partial charge in [0.15, 0.2) is 5.78 Å². The number of hydrogen-bond acceptors (Lipinski definition) is 5. The number of nitrogens with zero attached hydrogens (tertiary/aromatic N) is 3. The predicted octanol–water partition coefficient (Wildman–Crippen LogP) is 1.57. The summed E-state index contributed by atoms with van der Waals surface area (Å²) in [6.07, 6.45) is 2.19. The quantitative estimate of drug-likeness (QED) is 0.764. The molecule has 2 aromatic rings. The first-order chi connectivity index (χ1) is 13.4. The summed E-state index contributed by atoms with van der Waals surface area (Å²) in [7, 11) is 0. The summed E-state index contributed by atoms with van der Waals surface area (Å²) < 4.78 is 2.41. The van der Waals surface area contributed by atoms with Gasteiger partial charge in [0.1, 0.15) is 11.4 Å². The van der Waals surface area contributed by atoms with Crippen molar-refractivity contribution < 1.29 is 4.79 Å². The lowest BCUT2D eigenvalue weighted by Crippen LogP contribution is -2.46. The summed E-state index contributed by atoms with van der Waals surface area (Å²) in [5, 5.41) is 0. The van der Waals surface area contributed by atoms with E-state index in [1.54, 1.807) is 6.92 Å². The molecule has 0 bridgehead atoms. The van der Waals surface area contributed by atoms with Crippen molar-refractivity contribution in [3.63, 3.8) is 0 Å². The van der Waals surface area contributed by atoms with Gasteiger partial charge in [0.25, 0.3) is 5.56 Å². The molecule has 0 unspecified atom stereocenters. The van der Waals surface area contributed by atoms with Gasteiger partial charge >= 0.3 is 5.69 Å². The van der Waals surface area contributed by atoms with Gasteiger partial charge in [0.2, 0.25) is 0 Å². The highest BCUT2D eigenvalue weighted by Crippen LogP contribution is 2.16. The number of hydrogen-bond donors (Lipinski definition) is 1. The van der Waals surface area contributed by atoms with Gasteiger partial charge in [-0.05, 0) is 37.8 Å². The number of likely N-dealkylation sites (tertiary alicyclic amines) is 1. The molecule has 2 N–H and O–H groups in total. The standard InChI is InChI=1S/C21H28N4O3/c1-3-24-20(27)18(17(26)14-23-11-7-8-15(2)12-23)19(22)25(21(24)28)13-16-9-5-4-6-10-16/h4-6,9-10,15H,3,7-8,11-14,22H2,1-2H3/t15-/m1/s1. The molecule has 2 heterocycles. The first-order valence-corrected chi connectivity index (χ1v) is 9.85. The predicted molar refractivity (Wildman–Crippen MR) is 110 cm³/mol. The molecule has 3 rings (SSSR count). The fourth-order valence-electron chi connectivity index (χ4n) is 3.89. The van der Waals surface area contributed by atoms with Gasteiger partial charge in [-0.25, -0.2) is 4.79 Å². The Kier molecular flexibility index (Phi) is 6.14. The summed E-state index contributed by atoms with van der Waals surface area (Å²) in [6.45, 7) is 6.10. The van der Waals surface area contributed by atoms with Gasteiger partial charge in [0, 0.05) is 13.1 Å². The van der Waals surface area contributed by atoms with Crippen LogP contribution in [0.5, 0.6) is 0 Å². The molecule has 28 heavy (non-hydrogen) atoms. The lowest BCUT2D eigenvalue weighted by atomic mass is 10.00. The molecular weight excluding hydrogens is 356 g/mol. The highest BCUT2D eigenvalue weighted by molar-refractivity contribution is 6.01. The van der Waals surface area contributed by atoms with Crippen LogP contribution in [-0.2, 0) is 13.1 Å². The van der Waals surface area contributed by atoms with E-state index in [-0.39, 0.29) is 36.8 Å². The molecule has 7 heteroatoms. The van der Waals surface area contributed by atoms with Crippen molar-refractivity contribution in [2.75, 3.05) is 25.4 Å². The maximum Gasteiger partial charge on any atom is 0.332 e. The Balaban J connectivity index is 2.00. The fraction of sp³-hybridized carbons (Fsp3) is 0.476. The van der Waals surface area contributed by atoms with E-state index in [9.17, 15) is 14.4 Å². The Hall–Kier alpha value is -2.67. The van der Waals surface area contributed by atoms with Crippen LogP contribution in [0.2, 0.25) is 0 Å². The molecule has 1 saturated heterocycles. The van der Waals surface area contributed by atoms with E-state index in [4.69, 9.17) is 5.73 Å². The molecule has 1 aliphatic heterocycles. The number of aromatic nitrogens is 2. The lowest BCUT2D eigenvalue weighted by Gasteiger charge is -2.30. The van der Waals surface area contributed by atoms with E-state index in [1.165, 1.54) is 4.57 Å². The largest absolute Gasteiger partial charge is 0.384 e. The third kappa shape index (κ3) is 4.09. The number of nitrogen functional groups attached to an aromatic ring is 1. The van der Waals surface area contributed by atoms with E-state index < -0.39 is 11.2 Å². The fourth-order valence-corrected chi connectivity index (χ4v) is 3.89. The maximum absolute atomic E-state index is 13.0. The highest BCUT2D eigenvalue weighted by atomic mass is 16.2. The van der Waals surface area contributed by atoms with Crippen LogP contribution in [0, 0.1) is 5.92 Å². The average molecular weight is 384 g/mol. The minimum absolute atomic E-state index is 0.0430. The smallest absolute Gasteiger partial charge is 0.332 e. The van der Waals surface area contributed by atoms with Gasteiger partial charge in [-0.3, -0.25) is 23.6 Å². The number of anilines is 1. The zero-order valence-electron chi connectivity index (χ0n) is 16.6. The van der Waals surface area contributed by atoms with E-state index in [0.717, 1.165) is 36.1 Å². The summed E-state index contributed by atoms with van der Waals surface area (Å²) in [5.74, 6) is 0.164. The molecule has 1 fully saturated rings. The summed E-state index contributed by atoms with van der Waals surface area (Å²) in [5.41, 5.74) is 5.92. The summed E-state index contributed by atoms with van der Waals surface area (Å²) in [4.78, 5) is 40.7. The first-order valence-electron chi connectivity index (χ1n) is 9.85. The number of carbonyl (C=O) groups is 1. The average Bonchev–Trinajstić information content (AvgIpc) is 2.66. The van der Waals surface area contributed by atoms with Gasteiger partial charge in [-0.15, -0.1) is 0 Å². The second-order valence-electron chi connectivity index (χ2n) is 7.57. The molecule has 0 aliphatic carbocycles. The molecule has 1 aromatic carbocycles. The summed E-state index contributed by atoms with van der Waals surface area (Å²) >= 11 is 0. The SMILES string of the molecule is CCn1c(=O)c(C(=O)CN2CCC[C@@H](C)C2)c(N)n(Cc2ccccc2)c1=O. The van der Waals surface area contributed by atoms with E-state index in [0.29, 0.717) is 5.92 Å². The number of ketones is 1. The Labute approximate surface area is 164 Å². The normalized spacial score (nSPS) is 17.6. The molecule has 0 saturated carbocycles. The van der Waals surface area contributed by atoms with Crippen LogP contribution >= 0.6 is 0 Å². The molecule has 1 aliphatic rings. The number of carbonyl (C=O) groups excluding carboxylic acids is 1. The number of Topliss-reactive ketones (excluding diaryl/α,β-unsaturated/α-hetero) is 1. The van der Waals surface area contributed by atoms with Crippen molar-refractivity contribution in [2.24, 2.45) is 5.92 Å². The molecule has 1 atom stereocenters. The Bertz CT molecular complexity index is 962. The van der Waals surface area contributed by atoms with Crippen molar-refractivity contribution in [3.05, 3.63) is 62.3 Å². The van der Waals surface area contributed by atoms with E-state index in [2.05, 4.69) is 11.8 Å². The van der Waals surface area contributed by atoms with Gasteiger partial charge in [-0.1, -0.05) is 37.3 Å². The lowest BCUT2D eigenvalue weighted by molar-refractivity contribution is 0.0891. The minimum Gasteiger partial charge on any atom is -0.384 e. The minimum atomic E-state index is -0.593. The van der Waals surface area contributed by atoms with Gasteiger partial charge in [0.05, 0.1) is 13.1 Å². The van der Waals surface area contributed by atoms with Crippen LogP contribution in [0.1, 0.15) is 42.6 Å². The van der Waals surface area contributed by atoms with Crippen LogP contribution in [0.3, 0.4) is 0 Å². The Morgan fingerprint density at radius 3 is 2.54 bits per heavy atom. The molecule has 1 aromatic heterocycles. The number of nitrogens with two attached hydrogens (primary N) is 1. The van der Waals surface area contributed by atoms with Crippen molar-refractivity contribution in [2.45, 2.75) is 39.8 Å². The van der Waals surface area contributed by atoms with Gasteiger partial charge in [-0.2, -0.15) is 0 Å². The monoisotopic (exact) mass is 384 g/mol.